The first-order chi connectivity index (χ1) is 28.9. The van der Waals surface area contributed by atoms with E-state index < -0.39 is 33.4 Å². The number of benzene rings is 5. The van der Waals surface area contributed by atoms with Gasteiger partial charge in [-0.1, -0.05) is 36.4 Å². The quantitative estimate of drug-likeness (QED) is 0.113. The number of para-hydroxylation sites is 2. The molecular formula is C44H40N4O11S. The van der Waals surface area contributed by atoms with Crippen LogP contribution in [-0.2, 0) is 40.9 Å². The van der Waals surface area contributed by atoms with Gasteiger partial charge in [0.1, 0.15) is 13.2 Å². The third kappa shape index (κ3) is 6.76. The first-order valence-corrected chi connectivity index (χ1v) is 20.7. The van der Waals surface area contributed by atoms with E-state index in [0.717, 1.165) is 23.2 Å². The molecule has 4 aliphatic rings. The summed E-state index contributed by atoms with van der Waals surface area (Å²) >= 11 is 0. The van der Waals surface area contributed by atoms with E-state index in [2.05, 4.69) is 10.6 Å². The van der Waals surface area contributed by atoms with Crippen molar-refractivity contribution < 1.29 is 51.0 Å². The number of amides is 2. The molecule has 0 fully saturated rings. The lowest BCUT2D eigenvalue weighted by molar-refractivity contribution is 0.0600. The topological polar surface area (TPSA) is 182 Å². The van der Waals surface area contributed by atoms with Gasteiger partial charge in [-0.15, -0.1) is 0 Å². The summed E-state index contributed by atoms with van der Waals surface area (Å²) in [6, 6.07) is 25.4. The lowest BCUT2D eigenvalue weighted by atomic mass is 10.1. The van der Waals surface area contributed by atoms with Crippen LogP contribution >= 0.6 is 0 Å². The SMILES string of the molecule is COC(=O)c1cc(COc2cc3c(cc2OC)C(=O)N2c4ccccc4C[C@H]2CN3)cc(COc2cc3c(cc2OC)C(=O)N2c4ccccc4C[C@H]2C(S(=O)(=O)O)N3)c1. The van der Waals surface area contributed by atoms with E-state index in [1.54, 1.807) is 48.5 Å². The van der Waals surface area contributed by atoms with Crippen molar-refractivity contribution in [3.8, 4) is 23.0 Å². The number of hydrogen-bond donors (Lipinski definition) is 3. The highest BCUT2D eigenvalue weighted by atomic mass is 32.2. The number of carbonyl (C=O) groups excluding carboxylic acids is 3. The van der Waals surface area contributed by atoms with Crippen LogP contribution < -0.4 is 39.4 Å². The minimum Gasteiger partial charge on any atom is -0.493 e. The summed E-state index contributed by atoms with van der Waals surface area (Å²) in [4.78, 5) is 44.1. The van der Waals surface area contributed by atoms with Gasteiger partial charge in [0, 0.05) is 30.1 Å². The van der Waals surface area contributed by atoms with Gasteiger partial charge in [-0.3, -0.25) is 14.1 Å². The molecule has 3 N–H and O–H groups in total. The minimum absolute atomic E-state index is 0.00489. The summed E-state index contributed by atoms with van der Waals surface area (Å²) in [7, 11) is -0.518. The normalized spacial score (nSPS) is 18.6. The highest BCUT2D eigenvalue weighted by molar-refractivity contribution is 7.86. The third-order valence-electron chi connectivity index (χ3n) is 11.3. The molecule has 2 amide bonds. The van der Waals surface area contributed by atoms with Gasteiger partial charge in [-0.05, 0) is 77.6 Å². The molecule has 16 heteroatoms. The molecule has 3 atom stereocenters. The molecule has 60 heavy (non-hydrogen) atoms. The van der Waals surface area contributed by atoms with Gasteiger partial charge in [-0.25, -0.2) is 4.79 Å². The van der Waals surface area contributed by atoms with Gasteiger partial charge in [0.2, 0.25) is 0 Å². The molecule has 0 saturated heterocycles. The molecule has 308 valence electrons. The number of carbonyl (C=O) groups is 3. The largest absolute Gasteiger partial charge is 0.493 e. The maximum absolute atomic E-state index is 14.1. The Morgan fingerprint density at radius 3 is 1.87 bits per heavy atom. The number of hydrogen-bond acceptors (Lipinski definition) is 12. The van der Waals surface area contributed by atoms with E-state index in [9.17, 15) is 27.4 Å². The van der Waals surface area contributed by atoms with Crippen LogP contribution in [0.15, 0.2) is 91.0 Å². The van der Waals surface area contributed by atoms with Gasteiger partial charge in [0.25, 0.3) is 21.9 Å². The van der Waals surface area contributed by atoms with Gasteiger partial charge in [-0.2, -0.15) is 8.42 Å². The Hall–Kier alpha value is -6.78. The van der Waals surface area contributed by atoms with Crippen LogP contribution in [0.4, 0.5) is 22.7 Å². The van der Waals surface area contributed by atoms with Crippen LogP contribution in [0, 0.1) is 0 Å². The summed E-state index contributed by atoms with van der Waals surface area (Å²) in [6.07, 6.45) is 0.950. The smallest absolute Gasteiger partial charge is 0.337 e. The second kappa shape index (κ2) is 15.1. The number of esters is 1. The molecule has 4 heterocycles. The van der Waals surface area contributed by atoms with Crippen molar-refractivity contribution in [3.05, 3.63) is 130 Å². The van der Waals surface area contributed by atoms with Crippen molar-refractivity contribution in [1.29, 1.82) is 0 Å². The Morgan fingerprint density at radius 1 is 0.717 bits per heavy atom. The van der Waals surface area contributed by atoms with Crippen molar-refractivity contribution in [3.63, 3.8) is 0 Å². The highest BCUT2D eigenvalue weighted by Gasteiger charge is 2.47. The van der Waals surface area contributed by atoms with E-state index in [4.69, 9.17) is 23.7 Å². The molecule has 9 rings (SSSR count). The van der Waals surface area contributed by atoms with E-state index in [-0.39, 0.29) is 59.9 Å². The number of rotatable bonds is 10. The predicted octanol–water partition coefficient (Wildman–Crippen LogP) is 5.86. The Kier molecular flexibility index (Phi) is 9.75. The molecule has 0 aliphatic carbocycles. The zero-order valence-electron chi connectivity index (χ0n) is 32.8. The maximum atomic E-state index is 14.1. The van der Waals surface area contributed by atoms with Gasteiger partial charge in [0.15, 0.2) is 28.4 Å². The van der Waals surface area contributed by atoms with Gasteiger partial charge >= 0.3 is 5.97 Å². The summed E-state index contributed by atoms with van der Waals surface area (Å²) in [5.74, 6) is -0.112. The number of nitrogens with zero attached hydrogens (tertiary/aromatic N) is 2. The summed E-state index contributed by atoms with van der Waals surface area (Å²) in [5, 5.41) is 4.79. The number of anilines is 4. The summed E-state index contributed by atoms with van der Waals surface area (Å²) in [6.45, 7) is 0.439. The van der Waals surface area contributed by atoms with Crippen LogP contribution in [-0.4, -0.2) is 76.1 Å². The molecule has 0 radical (unpaired) electrons. The van der Waals surface area contributed by atoms with Crippen LogP contribution in [0.1, 0.15) is 53.3 Å². The fraction of sp³-hybridized carbons (Fsp3) is 0.250. The summed E-state index contributed by atoms with van der Waals surface area (Å²) < 4.78 is 64.8. The molecule has 5 aromatic carbocycles. The van der Waals surface area contributed by atoms with E-state index in [0.29, 0.717) is 46.1 Å². The zero-order valence-corrected chi connectivity index (χ0v) is 33.6. The fourth-order valence-corrected chi connectivity index (χ4v) is 9.49. The molecule has 4 aliphatic heterocycles. The maximum Gasteiger partial charge on any atom is 0.337 e. The Labute approximate surface area is 345 Å². The molecule has 15 nitrogen and oxygen atoms in total. The van der Waals surface area contributed by atoms with E-state index in [1.807, 2.05) is 35.2 Å². The number of fused-ring (bicyclic) bond motifs is 8. The monoisotopic (exact) mass is 832 g/mol. The number of methoxy groups -OCH3 is 3. The lowest BCUT2D eigenvalue weighted by Crippen LogP contribution is -2.49. The second-order valence-corrected chi connectivity index (χ2v) is 16.4. The van der Waals surface area contributed by atoms with Crippen LogP contribution in [0.25, 0.3) is 0 Å². The molecule has 0 saturated carbocycles. The second-order valence-electron chi connectivity index (χ2n) is 14.9. The molecular weight excluding hydrogens is 793 g/mol. The van der Waals surface area contributed by atoms with Crippen LogP contribution in [0.3, 0.4) is 0 Å². The molecule has 1 unspecified atom stereocenters. The third-order valence-corrected chi connectivity index (χ3v) is 12.4. The average Bonchev–Trinajstić information content (AvgIpc) is 3.75. The van der Waals surface area contributed by atoms with Crippen molar-refractivity contribution in [2.24, 2.45) is 0 Å². The highest BCUT2D eigenvalue weighted by Crippen LogP contribution is 2.44. The standard InChI is InChI=1S/C44H40N4O11S/c1-55-37-17-30-32(45-21-29-15-26-8-4-6-10-34(26)47(29)42(30)49)19-39(37)58-22-24-12-25(14-28(13-24)44(51)57-3)23-59-40-20-33-31(18-38(40)56-2)43(50)48-35-11-7-5-9-27(35)16-36(48)41(46-33)60(52,53)54/h4-14,17-20,29,36,41,45-46H,15-16,21-23H2,1-3H3,(H,52,53,54)/t29-,36-,41?/m0/s1. The van der Waals surface area contributed by atoms with Gasteiger partial charge in [0.05, 0.1) is 61.5 Å². The fourth-order valence-electron chi connectivity index (χ4n) is 8.60. The van der Waals surface area contributed by atoms with E-state index >= 15 is 0 Å². The lowest BCUT2D eigenvalue weighted by Gasteiger charge is -2.27. The van der Waals surface area contributed by atoms with E-state index in [1.165, 1.54) is 38.4 Å². The van der Waals surface area contributed by atoms with Crippen molar-refractivity contribution >= 4 is 50.7 Å². The Bertz CT molecular complexity index is 2700. The minimum atomic E-state index is -4.70. The molecule has 5 aromatic rings. The zero-order chi connectivity index (χ0) is 41.9. The first-order valence-electron chi connectivity index (χ1n) is 19.2. The Balaban J connectivity index is 0.979. The van der Waals surface area contributed by atoms with Crippen molar-refractivity contribution in [2.75, 3.05) is 48.3 Å². The average molecular weight is 833 g/mol. The van der Waals surface area contributed by atoms with Crippen LogP contribution in [0.5, 0.6) is 23.0 Å². The molecule has 0 spiro atoms. The molecule has 0 aromatic heterocycles. The number of ether oxygens (including phenoxy) is 5. The first kappa shape index (κ1) is 38.7. The van der Waals surface area contributed by atoms with Gasteiger partial charge < -0.3 is 44.1 Å². The van der Waals surface area contributed by atoms with Crippen molar-refractivity contribution in [2.45, 2.75) is 43.5 Å². The summed E-state index contributed by atoms with van der Waals surface area (Å²) in [5.41, 5.74) is 6.04. The predicted molar refractivity (Wildman–Crippen MR) is 221 cm³/mol. The Morgan fingerprint density at radius 2 is 1.27 bits per heavy atom. The molecule has 0 bridgehead atoms. The van der Waals surface area contributed by atoms with Crippen LogP contribution in [0.2, 0.25) is 0 Å². The number of nitrogens with one attached hydrogen (secondary N) is 2. The van der Waals surface area contributed by atoms with Crippen molar-refractivity contribution in [1.82, 2.24) is 0 Å².